The Morgan fingerprint density at radius 1 is 1.31 bits per heavy atom. The summed E-state index contributed by atoms with van der Waals surface area (Å²) < 4.78 is 4.86. The molecule has 0 radical (unpaired) electrons. The van der Waals surface area contributed by atoms with Crippen molar-refractivity contribution in [3.63, 3.8) is 0 Å². The molecule has 3 rings (SSSR count). The lowest BCUT2D eigenvalue weighted by Gasteiger charge is -2.26. The number of carbonyl (C=O) groups is 2. The maximum Gasteiger partial charge on any atom is 0.306 e. The van der Waals surface area contributed by atoms with E-state index in [0.717, 1.165) is 29.7 Å². The molecule has 6 heteroatoms. The number of rotatable bonds is 6. The lowest BCUT2D eigenvalue weighted by Crippen LogP contribution is -2.41. The average Bonchev–Trinajstić information content (AvgIpc) is 3.00. The number of fused-ring (bicyclic) bond motifs is 1. The van der Waals surface area contributed by atoms with Gasteiger partial charge in [0, 0.05) is 23.5 Å². The highest BCUT2D eigenvalue weighted by Gasteiger charge is 2.48. The minimum atomic E-state index is -1.05. The highest BCUT2D eigenvalue weighted by atomic mass is 35.5. The molecule has 0 fully saturated rings. The Balaban J connectivity index is 2.07. The third-order valence-corrected chi connectivity index (χ3v) is 5.02. The fourth-order valence-corrected chi connectivity index (χ4v) is 3.64. The van der Waals surface area contributed by atoms with Crippen LogP contribution in [0.3, 0.4) is 0 Å². The zero-order valence-electron chi connectivity index (χ0n) is 14.8. The van der Waals surface area contributed by atoms with Crippen LogP contribution in [0.25, 0.3) is 0 Å². The highest BCUT2D eigenvalue weighted by Crippen LogP contribution is 2.43. The number of pyridine rings is 1. The topological polar surface area (TPSA) is 68.3 Å². The van der Waals surface area contributed by atoms with Crippen molar-refractivity contribution >= 4 is 29.0 Å². The van der Waals surface area contributed by atoms with E-state index in [4.69, 9.17) is 16.3 Å². The van der Waals surface area contributed by atoms with Gasteiger partial charge < -0.3 is 10.1 Å². The summed E-state index contributed by atoms with van der Waals surface area (Å²) in [5, 5.41) is 3.78. The van der Waals surface area contributed by atoms with E-state index in [1.165, 1.54) is 7.11 Å². The van der Waals surface area contributed by atoms with Gasteiger partial charge in [-0.05, 0) is 41.8 Å². The van der Waals surface area contributed by atoms with Crippen LogP contribution in [0.2, 0.25) is 5.02 Å². The molecule has 1 unspecified atom stereocenters. The fourth-order valence-electron chi connectivity index (χ4n) is 3.47. The van der Waals surface area contributed by atoms with Gasteiger partial charge in [-0.3, -0.25) is 14.6 Å². The number of nitrogens with zero attached hydrogens (tertiary/aromatic N) is 1. The van der Waals surface area contributed by atoms with Crippen LogP contribution in [0.4, 0.5) is 5.69 Å². The van der Waals surface area contributed by atoms with E-state index in [0.29, 0.717) is 17.3 Å². The molecule has 1 aromatic heterocycles. The summed E-state index contributed by atoms with van der Waals surface area (Å²) in [5.41, 5.74) is 1.88. The van der Waals surface area contributed by atoms with Crippen LogP contribution in [0.1, 0.15) is 41.4 Å². The fraction of sp³-hybridized carbons (Fsp3) is 0.350. The molecule has 1 aromatic carbocycles. The van der Waals surface area contributed by atoms with Crippen LogP contribution in [0.5, 0.6) is 0 Å². The van der Waals surface area contributed by atoms with Gasteiger partial charge in [0.2, 0.25) is 0 Å². The van der Waals surface area contributed by atoms with Crippen LogP contribution in [0.15, 0.2) is 36.5 Å². The zero-order chi connectivity index (χ0) is 18.7. The normalized spacial score (nSPS) is 18.1. The molecule has 0 amide bonds. The number of carbonyl (C=O) groups excluding carboxylic acids is 2. The first kappa shape index (κ1) is 18.4. The molecule has 0 spiro atoms. The molecule has 1 aliphatic rings. The van der Waals surface area contributed by atoms with E-state index in [9.17, 15) is 9.59 Å². The number of hydrogen-bond acceptors (Lipinski definition) is 5. The van der Waals surface area contributed by atoms with Gasteiger partial charge in [0.1, 0.15) is 5.69 Å². The summed E-state index contributed by atoms with van der Waals surface area (Å²) >= 11 is 6.07. The van der Waals surface area contributed by atoms with Gasteiger partial charge in [-0.1, -0.05) is 31.0 Å². The first-order valence-electron chi connectivity index (χ1n) is 8.60. The molecule has 0 saturated carbocycles. The zero-order valence-corrected chi connectivity index (χ0v) is 15.6. The second-order valence-electron chi connectivity index (χ2n) is 6.51. The third kappa shape index (κ3) is 3.31. The minimum Gasteiger partial charge on any atom is -0.469 e. The minimum absolute atomic E-state index is 0.0519. The molecule has 1 atom stereocenters. The third-order valence-electron chi connectivity index (χ3n) is 4.78. The molecule has 1 aliphatic heterocycles. The first-order valence-corrected chi connectivity index (χ1v) is 8.98. The van der Waals surface area contributed by atoms with Crippen molar-refractivity contribution in [2.24, 2.45) is 0 Å². The summed E-state index contributed by atoms with van der Waals surface area (Å²) in [4.78, 5) is 29.9. The second-order valence-corrected chi connectivity index (χ2v) is 6.94. The second kappa shape index (κ2) is 7.46. The van der Waals surface area contributed by atoms with Gasteiger partial charge >= 0.3 is 5.97 Å². The number of ketones is 1. The number of aryl methyl sites for hydroxylation is 1. The highest BCUT2D eigenvalue weighted by molar-refractivity contribution is 6.31. The first-order chi connectivity index (χ1) is 12.5. The predicted molar refractivity (Wildman–Crippen MR) is 101 cm³/mol. The quantitative estimate of drug-likeness (QED) is 0.617. The molecule has 0 bridgehead atoms. The summed E-state index contributed by atoms with van der Waals surface area (Å²) in [7, 11) is 1.33. The van der Waals surface area contributed by atoms with E-state index < -0.39 is 11.4 Å². The van der Waals surface area contributed by atoms with Gasteiger partial charge in [-0.25, -0.2) is 0 Å². The molecule has 2 aromatic rings. The maximum absolute atomic E-state index is 13.5. The van der Waals surface area contributed by atoms with Gasteiger partial charge in [0.05, 0.1) is 18.9 Å². The van der Waals surface area contributed by atoms with Crippen LogP contribution < -0.4 is 5.32 Å². The predicted octanol–water partition coefficient (Wildman–Crippen LogP) is 3.80. The molecule has 26 heavy (non-hydrogen) atoms. The summed E-state index contributed by atoms with van der Waals surface area (Å²) in [5.74, 6) is -0.623. The molecule has 1 N–H and O–H groups in total. The smallest absolute Gasteiger partial charge is 0.306 e. The van der Waals surface area contributed by atoms with E-state index in [2.05, 4.69) is 17.2 Å². The number of Topliss-reactive ketones (excluding diaryl/α,β-unsaturated/α-hetero) is 1. The Hall–Kier alpha value is -2.40. The Labute approximate surface area is 157 Å². The van der Waals surface area contributed by atoms with Crippen molar-refractivity contribution < 1.29 is 14.3 Å². The largest absolute Gasteiger partial charge is 0.469 e. The average molecular weight is 373 g/mol. The van der Waals surface area contributed by atoms with E-state index >= 15 is 0 Å². The number of benzene rings is 1. The molecular formula is C20H21ClN2O3. The van der Waals surface area contributed by atoms with Crippen LogP contribution in [-0.4, -0.2) is 30.4 Å². The van der Waals surface area contributed by atoms with Crippen molar-refractivity contribution in [3.8, 4) is 0 Å². The lowest BCUT2D eigenvalue weighted by molar-refractivity contribution is -0.141. The van der Waals surface area contributed by atoms with E-state index in [1.807, 2.05) is 12.1 Å². The van der Waals surface area contributed by atoms with Gasteiger partial charge in [-0.2, -0.15) is 0 Å². The molecule has 0 saturated heterocycles. The van der Waals surface area contributed by atoms with Crippen LogP contribution in [-0.2, 0) is 21.4 Å². The number of hydrogen-bond donors (Lipinski definition) is 1. The lowest BCUT2D eigenvalue weighted by atomic mass is 9.74. The summed E-state index contributed by atoms with van der Waals surface area (Å²) in [6.45, 7) is 2.39. The summed E-state index contributed by atoms with van der Waals surface area (Å²) in [6.07, 6.45) is 3.45. The van der Waals surface area contributed by atoms with Crippen molar-refractivity contribution in [2.75, 3.05) is 19.0 Å². The number of ether oxygens (including phenoxy) is 1. The van der Waals surface area contributed by atoms with Crippen LogP contribution >= 0.6 is 11.6 Å². The maximum atomic E-state index is 13.5. The van der Waals surface area contributed by atoms with Gasteiger partial charge in [-0.15, -0.1) is 0 Å². The van der Waals surface area contributed by atoms with Gasteiger partial charge in [0.25, 0.3) is 0 Å². The van der Waals surface area contributed by atoms with E-state index in [-0.39, 0.29) is 12.2 Å². The Morgan fingerprint density at radius 2 is 2.12 bits per heavy atom. The molecule has 0 aliphatic carbocycles. The standard InChI is InChI=1S/C20H21ClN2O3/c1-3-4-13-7-8-22-17(9-13)19(25)20(11-18(24)26-2)12-23-16-10-14(21)5-6-15(16)20/h5-10,23H,3-4,11-12H2,1-2H3. The number of aromatic nitrogens is 1. The van der Waals surface area contributed by atoms with Crippen molar-refractivity contribution in [3.05, 3.63) is 58.4 Å². The van der Waals surface area contributed by atoms with Crippen molar-refractivity contribution in [1.82, 2.24) is 4.98 Å². The van der Waals surface area contributed by atoms with Gasteiger partial charge in [0.15, 0.2) is 5.78 Å². The monoisotopic (exact) mass is 372 g/mol. The number of halogens is 1. The SMILES string of the molecule is CCCc1ccnc(C(=O)C2(CC(=O)OC)CNc3cc(Cl)ccc32)c1. The Kier molecular flexibility index (Phi) is 5.28. The van der Waals surface area contributed by atoms with E-state index in [1.54, 1.807) is 24.4 Å². The number of nitrogens with one attached hydrogen (secondary N) is 1. The number of anilines is 1. The molecule has 2 heterocycles. The molecule has 136 valence electrons. The molecule has 5 nitrogen and oxygen atoms in total. The summed E-state index contributed by atoms with van der Waals surface area (Å²) in [6, 6.07) is 9.03. The molecular weight excluding hydrogens is 352 g/mol. The Morgan fingerprint density at radius 3 is 2.85 bits per heavy atom. The Bertz CT molecular complexity index is 853. The van der Waals surface area contributed by atoms with Crippen molar-refractivity contribution in [2.45, 2.75) is 31.6 Å². The number of esters is 1. The number of methoxy groups -OCH3 is 1. The van der Waals surface area contributed by atoms with Crippen molar-refractivity contribution in [1.29, 1.82) is 0 Å². The van der Waals surface area contributed by atoms with Crippen LogP contribution in [0, 0.1) is 0 Å².